The normalized spacial score (nSPS) is 8.90. The van der Waals surface area contributed by atoms with E-state index in [-0.39, 0.29) is 0 Å². The SMILES string of the molecule is COc1ccc(C=O)cc1OC.O=Cc1ccccc1. The van der Waals surface area contributed by atoms with Crippen LogP contribution in [-0.2, 0) is 0 Å². The Morgan fingerprint density at radius 1 is 0.750 bits per heavy atom. The van der Waals surface area contributed by atoms with Crippen LogP contribution in [0.25, 0.3) is 0 Å². The monoisotopic (exact) mass is 272 g/mol. The topological polar surface area (TPSA) is 52.6 Å². The summed E-state index contributed by atoms with van der Waals surface area (Å²) < 4.78 is 9.99. The number of hydrogen-bond acceptors (Lipinski definition) is 4. The fourth-order valence-corrected chi connectivity index (χ4v) is 1.46. The Kier molecular flexibility index (Phi) is 6.54. The van der Waals surface area contributed by atoms with Crippen molar-refractivity contribution in [2.45, 2.75) is 0 Å². The molecule has 0 atom stereocenters. The van der Waals surface area contributed by atoms with Crippen LogP contribution in [0.4, 0.5) is 0 Å². The van der Waals surface area contributed by atoms with Crippen LogP contribution < -0.4 is 9.47 Å². The van der Waals surface area contributed by atoms with Gasteiger partial charge < -0.3 is 9.47 Å². The Hall–Kier alpha value is -2.62. The Morgan fingerprint density at radius 2 is 1.35 bits per heavy atom. The second-order valence-corrected chi connectivity index (χ2v) is 3.76. The molecule has 0 aliphatic rings. The number of hydrogen-bond donors (Lipinski definition) is 0. The highest BCUT2D eigenvalue weighted by Crippen LogP contribution is 2.26. The maximum Gasteiger partial charge on any atom is 0.161 e. The number of rotatable bonds is 4. The summed E-state index contributed by atoms with van der Waals surface area (Å²) in [6, 6.07) is 14.1. The Morgan fingerprint density at radius 3 is 1.80 bits per heavy atom. The van der Waals surface area contributed by atoms with Crippen LogP contribution >= 0.6 is 0 Å². The van der Waals surface area contributed by atoms with Crippen molar-refractivity contribution < 1.29 is 19.1 Å². The van der Waals surface area contributed by atoms with Gasteiger partial charge >= 0.3 is 0 Å². The van der Waals surface area contributed by atoms with Crippen molar-refractivity contribution in [2.24, 2.45) is 0 Å². The number of benzene rings is 2. The molecule has 0 fully saturated rings. The van der Waals surface area contributed by atoms with Gasteiger partial charge in [-0.05, 0) is 18.2 Å². The predicted molar refractivity (Wildman–Crippen MR) is 76.8 cm³/mol. The number of carbonyl (C=O) groups excluding carboxylic acids is 2. The molecule has 2 aromatic carbocycles. The van der Waals surface area contributed by atoms with Crippen LogP contribution in [0.15, 0.2) is 48.5 Å². The molecule has 2 aromatic rings. The van der Waals surface area contributed by atoms with E-state index in [4.69, 9.17) is 9.47 Å². The number of ether oxygens (including phenoxy) is 2. The van der Waals surface area contributed by atoms with E-state index in [0.717, 1.165) is 18.1 Å². The van der Waals surface area contributed by atoms with Crippen molar-refractivity contribution >= 4 is 12.6 Å². The van der Waals surface area contributed by atoms with Gasteiger partial charge in [-0.25, -0.2) is 0 Å². The van der Waals surface area contributed by atoms with Gasteiger partial charge in [-0.1, -0.05) is 30.3 Å². The molecule has 0 heterocycles. The van der Waals surface area contributed by atoms with E-state index in [1.54, 1.807) is 37.4 Å². The molecule has 0 radical (unpaired) electrons. The van der Waals surface area contributed by atoms with Crippen molar-refractivity contribution in [1.29, 1.82) is 0 Å². The molecule has 4 heteroatoms. The van der Waals surface area contributed by atoms with E-state index in [2.05, 4.69) is 0 Å². The van der Waals surface area contributed by atoms with Gasteiger partial charge in [-0.2, -0.15) is 0 Å². The second kappa shape index (κ2) is 8.48. The van der Waals surface area contributed by atoms with Gasteiger partial charge in [-0.15, -0.1) is 0 Å². The average molecular weight is 272 g/mol. The first-order chi connectivity index (χ1) is 9.74. The third-order valence-corrected chi connectivity index (χ3v) is 2.48. The molecular weight excluding hydrogens is 256 g/mol. The number of methoxy groups -OCH3 is 2. The molecule has 0 amide bonds. The highest BCUT2D eigenvalue weighted by molar-refractivity contribution is 5.76. The van der Waals surface area contributed by atoms with Gasteiger partial charge in [-0.3, -0.25) is 9.59 Å². The number of carbonyl (C=O) groups is 2. The van der Waals surface area contributed by atoms with E-state index in [0.29, 0.717) is 17.1 Å². The molecule has 0 saturated carbocycles. The highest BCUT2D eigenvalue weighted by atomic mass is 16.5. The molecule has 20 heavy (non-hydrogen) atoms. The molecule has 0 saturated heterocycles. The molecular formula is C16H16O4. The van der Waals surface area contributed by atoms with E-state index in [1.165, 1.54) is 7.11 Å². The Bertz CT molecular complexity index is 550. The Labute approximate surface area is 118 Å². The zero-order chi connectivity index (χ0) is 14.8. The fraction of sp³-hybridized carbons (Fsp3) is 0.125. The molecule has 0 bridgehead atoms. The molecule has 104 valence electrons. The number of aldehydes is 2. The van der Waals surface area contributed by atoms with Crippen molar-refractivity contribution in [3.8, 4) is 11.5 Å². The van der Waals surface area contributed by atoms with Gasteiger partial charge in [0.1, 0.15) is 12.6 Å². The minimum absolute atomic E-state index is 0.571. The maximum absolute atomic E-state index is 10.4. The summed E-state index contributed by atoms with van der Waals surface area (Å²) in [5.74, 6) is 1.20. The molecule has 0 aliphatic carbocycles. The van der Waals surface area contributed by atoms with Gasteiger partial charge in [0.05, 0.1) is 14.2 Å². The summed E-state index contributed by atoms with van der Waals surface area (Å²) in [6.07, 6.45) is 1.60. The first-order valence-corrected chi connectivity index (χ1v) is 5.92. The summed E-state index contributed by atoms with van der Waals surface area (Å²) >= 11 is 0. The minimum Gasteiger partial charge on any atom is -0.493 e. The largest absolute Gasteiger partial charge is 0.493 e. The standard InChI is InChI=1S/C9H10O3.C7H6O/c1-11-8-4-3-7(6-10)5-9(8)12-2;8-6-7-4-2-1-3-5-7/h3-6H,1-2H3;1-6H. The van der Waals surface area contributed by atoms with Crippen LogP contribution in [0.2, 0.25) is 0 Å². The van der Waals surface area contributed by atoms with Crippen molar-refractivity contribution in [3.63, 3.8) is 0 Å². The molecule has 0 aliphatic heterocycles. The third-order valence-electron chi connectivity index (χ3n) is 2.48. The molecule has 4 nitrogen and oxygen atoms in total. The summed E-state index contributed by atoms with van der Waals surface area (Å²) in [5.41, 5.74) is 1.31. The lowest BCUT2D eigenvalue weighted by atomic mass is 10.2. The van der Waals surface area contributed by atoms with Crippen LogP contribution in [0, 0.1) is 0 Å². The van der Waals surface area contributed by atoms with E-state index in [1.807, 2.05) is 18.2 Å². The van der Waals surface area contributed by atoms with Crippen molar-refractivity contribution in [3.05, 3.63) is 59.7 Å². The molecule has 0 spiro atoms. The molecule has 0 aromatic heterocycles. The van der Waals surface area contributed by atoms with Crippen LogP contribution in [0.5, 0.6) is 11.5 Å². The summed E-state index contributed by atoms with van der Waals surface area (Å²) in [5, 5.41) is 0. The lowest BCUT2D eigenvalue weighted by Crippen LogP contribution is -1.91. The predicted octanol–water partition coefficient (Wildman–Crippen LogP) is 3.02. The van der Waals surface area contributed by atoms with Gasteiger partial charge in [0, 0.05) is 11.1 Å². The average Bonchev–Trinajstić information content (AvgIpc) is 2.55. The molecule has 0 N–H and O–H groups in total. The van der Waals surface area contributed by atoms with Gasteiger partial charge in [0.15, 0.2) is 11.5 Å². The first-order valence-electron chi connectivity index (χ1n) is 5.92. The van der Waals surface area contributed by atoms with Crippen molar-refractivity contribution in [1.82, 2.24) is 0 Å². The van der Waals surface area contributed by atoms with Crippen LogP contribution in [0.1, 0.15) is 20.7 Å². The fourth-order valence-electron chi connectivity index (χ4n) is 1.46. The smallest absolute Gasteiger partial charge is 0.161 e. The minimum atomic E-state index is 0.571. The van der Waals surface area contributed by atoms with E-state index < -0.39 is 0 Å². The first kappa shape index (κ1) is 15.4. The third kappa shape index (κ3) is 4.57. The maximum atomic E-state index is 10.4. The molecule has 0 unspecified atom stereocenters. The Balaban J connectivity index is 0.000000217. The summed E-state index contributed by atoms with van der Waals surface area (Å²) in [4.78, 5) is 20.4. The summed E-state index contributed by atoms with van der Waals surface area (Å²) in [6.45, 7) is 0. The van der Waals surface area contributed by atoms with Crippen molar-refractivity contribution in [2.75, 3.05) is 14.2 Å². The summed E-state index contributed by atoms with van der Waals surface area (Å²) in [7, 11) is 3.09. The van der Waals surface area contributed by atoms with Gasteiger partial charge in [0.2, 0.25) is 0 Å². The second-order valence-electron chi connectivity index (χ2n) is 3.76. The van der Waals surface area contributed by atoms with Gasteiger partial charge in [0.25, 0.3) is 0 Å². The van der Waals surface area contributed by atoms with Crippen LogP contribution in [0.3, 0.4) is 0 Å². The van der Waals surface area contributed by atoms with Crippen LogP contribution in [-0.4, -0.2) is 26.8 Å². The zero-order valence-corrected chi connectivity index (χ0v) is 11.4. The van der Waals surface area contributed by atoms with E-state index in [9.17, 15) is 9.59 Å². The lowest BCUT2D eigenvalue weighted by molar-refractivity contribution is 0.111. The quantitative estimate of drug-likeness (QED) is 0.803. The zero-order valence-electron chi connectivity index (χ0n) is 11.4. The molecule has 2 rings (SSSR count). The van der Waals surface area contributed by atoms with E-state index >= 15 is 0 Å². The highest BCUT2D eigenvalue weighted by Gasteiger charge is 2.02. The lowest BCUT2D eigenvalue weighted by Gasteiger charge is -2.06.